The summed E-state index contributed by atoms with van der Waals surface area (Å²) in [7, 11) is 1.27. The largest absolute Gasteiger partial charge is 1.00 e. The summed E-state index contributed by atoms with van der Waals surface area (Å²) in [6.07, 6.45) is 0. The number of anilines is 1. The molecular formula is C17H16N7NaO6S3. The van der Waals surface area contributed by atoms with Crippen molar-refractivity contribution < 1.29 is 58.3 Å². The van der Waals surface area contributed by atoms with Gasteiger partial charge in [0.05, 0.1) is 11.7 Å². The number of hydrogen-bond acceptors (Lipinski definition) is 14. The van der Waals surface area contributed by atoms with Crippen LogP contribution in [0.25, 0.3) is 0 Å². The third-order valence-electron chi connectivity index (χ3n) is 4.57. The number of nitrogens with two attached hydrogens (primary N) is 1. The maximum absolute atomic E-state index is 12.8. The van der Waals surface area contributed by atoms with E-state index in [1.54, 1.807) is 6.92 Å². The van der Waals surface area contributed by atoms with Gasteiger partial charge in [-0.3, -0.25) is 14.5 Å². The maximum Gasteiger partial charge on any atom is 1.00 e. The normalized spacial score (nSPS) is 19.8. The van der Waals surface area contributed by atoms with Gasteiger partial charge in [0.1, 0.15) is 24.2 Å². The SMILES string of the molecule is CO/N=C(\C(=O)NC1C(=O)N2C(C(=O)[O-])=C(CSc3nnc(C)o3)CS[C@H]12)c1csc(N)n1.[Na+]. The third-order valence-corrected chi connectivity index (χ3v) is 7.49. The predicted octanol–water partition coefficient (Wildman–Crippen LogP) is -4.03. The number of carbonyl (C=O) groups is 3. The Kier molecular flexibility index (Phi) is 8.64. The first kappa shape index (κ1) is 26.5. The third kappa shape index (κ3) is 5.26. The number of β-lactam (4-membered cyclic amide) rings is 1. The van der Waals surface area contributed by atoms with Gasteiger partial charge in [0, 0.05) is 23.8 Å². The van der Waals surface area contributed by atoms with Gasteiger partial charge in [-0.1, -0.05) is 16.9 Å². The number of amides is 2. The molecule has 4 heterocycles. The molecule has 17 heteroatoms. The molecule has 0 spiro atoms. The molecule has 1 unspecified atom stereocenters. The number of aromatic nitrogens is 3. The van der Waals surface area contributed by atoms with Crippen LogP contribution in [-0.2, 0) is 19.2 Å². The molecule has 4 rings (SSSR count). The molecule has 34 heavy (non-hydrogen) atoms. The molecule has 2 amide bonds. The summed E-state index contributed by atoms with van der Waals surface area (Å²) >= 11 is 3.60. The van der Waals surface area contributed by atoms with Crippen LogP contribution < -0.4 is 45.7 Å². The monoisotopic (exact) mass is 533 g/mol. The van der Waals surface area contributed by atoms with Gasteiger partial charge >= 0.3 is 29.6 Å². The number of carboxylic acids is 1. The maximum atomic E-state index is 12.8. The molecule has 3 N–H and O–H groups in total. The minimum Gasteiger partial charge on any atom is -0.543 e. The molecule has 2 aromatic rings. The Bertz CT molecular complexity index is 1180. The summed E-state index contributed by atoms with van der Waals surface area (Å²) in [6.45, 7) is 1.64. The van der Waals surface area contributed by atoms with Crippen molar-refractivity contribution in [1.82, 2.24) is 25.4 Å². The van der Waals surface area contributed by atoms with Crippen LogP contribution in [0.2, 0.25) is 0 Å². The van der Waals surface area contributed by atoms with E-state index in [1.807, 2.05) is 0 Å². The second kappa shape index (κ2) is 11.1. The Morgan fingerprint density at radius 3 is 2.82 bits per heavy atom. The van der Waals surface area contributed by atoms with Crippen LogP contribution in [0, 0.1) is 6.92 Å². The standard InChI is InChI=1S/C17H17N7O6S3.Na/c1-6-21-22-17(30-6)33-4-7-3-31-14-10(13(26)24(14)11(7)15(27)28)20-12(25)9(23-29-2)8-5-32-16(18)19-8;/h5,10,14H,3-4H2,1-2H3,(H2,18,19)(H,20,25)(H,27,28);/q;+1/p-1/b23-9-;/t10?,14-;/m1./s1. The minimum atomic E-state index is -1.48. The van der Waals surface area contributed by atoms with E-state index in [4.69, 9.17) is 15.0 Å². The molecule has 13 nitrogen and oxygen atoms in total. The number of fused-ring (bicyclic) bond motifs is 1. The van der Waals surface area contributed by atoms with Crippen molar-refractivity contribution in [3.05, 3.63) is 28.2 Å². The number of carboxylic acid groups (broad SMARTS) is 1. The molecule has 0 bridgehead atoms. The number of aryl methyl sites for hydroxylation is 1. The number of oxime groups is 1. The van der Waals surface area contributed by atoms with E-state index in [0.29, 0.717) is 17.2 Å². The van der Waals surface area contributed by atoms with Crippen molar-refractivity contribution in [3.63, 3.8) is 0 Å². The number of hydrogen-bond donors (Lipinski definition) is 2. The van der Waals surface area contributed by atoms with Crippen LogP contribution in [0.1, 0.15) is 11.6 Å². The van der Waals surface area contributed by atoms with Gasteiger partial charge in [-0.15, -0.1) is 33.3 Å². The molecule has 174 valence electrons. The van der Waals surface area contributed by atoms with E-state index in [2.05, 4.69) is 25.7 Å². The van der Waals surface area contributed by atoms with E-state index < -0.39 is 29.2 Å². The smallest absolute Gasteiger partial charge is 0.543 e. The van der Waals surface area contributed by atoms with E-state index in [-0.39, 0.29) is 62.8 Å². The number of thiazole rings is 1. The Hall–Kier alpha value is -2.11. The summed E-state index contributed by atoms with van der Waals surface area (Å²) < 4.78 is 5.28. The average molecular weight is 534 g/mol. The van der Waals surface area contributed by atoms with E-state index >= 15 is 0 Å². The molecule has 2 aliphatic heterocycles. The molecule has 2 aliphatic rings. The van der Waals surface area contributed by atoms with Crippen LogP contribution in [0.4, 0.5) is 5.13 Å². The molecule has 1 fully saturated rings. The number of carbonyl (C=O) groups excluding carboxylic acids is 3. The summed E-state index contributed by atoms with van der Waals surface area (Å²) in [5, 5.41) is 27.1. The summed E-state index contributed by atoms with van der Waals surface area (Å²) in [5.74, 6) is -1.83. The Morgan fingerprint density at radius 2 is 2.24 bits per heavy atom. The van der Waals surface area contributed by atoms with E-state index in [1.165, 1.54) is 24.3 Å². The van der Waals surface area contributed by atoms with E-state index in [0.717, 1.165) is 28.0 Å². The fraction of sp³-hybridized carbons (Fsp3) is 0.353. The zero-order valence-corrected chi connectivity index (χ0v) is 22.6. The number of nitrogen functional groups attached to an aromatic ring is 1. The zero-order chi connectivity index (χ0) is 23.7. The van der Waals surface area contributed by atoms with Crippen molar-refractivity contribution in [3.8, 4) is 0 Å². The molecule has 0 radical (unpaired) electrons. The van der Waals surface area contributed by atoms with Crippen molar-refractivity contribution in [2.45, 2.75) is 23.6 Å². The molecule has 0 aromatic carbocycles. The Morgan fingerprint density at radius 1 is 1.47 bits per heavy atom. The van der Waals surface area contributed by atoms with Crippen molar-refractivity contribution >= 4 is 63.5 Å². The number of nitrogens with zero attached hydrogens (tertiary/aromatic N) is 5. The fourth-order valence-electron chi connectivity index (χ4n) is 3.17. The molecule has 2 atom stereocenters. The summed E-state index contributed by atoms with van der Waals surface area (Å²) in [4.78, 5) is 47.3. The molecular weight excluding hydrogens is 517 g/mol. The average Bonchev–Trinajstić information content (AvgIpc) is 3.40. The zero-order valence-electron chi connectivity index (χ0n) is 18.1. The van der Waals surface area contributed by atoms with Gasteiger partial charge in [-0.25, -0.2) is 4.98 Å². The quantitative estimate of drug-likeness (QED) is 0.110. The van der Waals surface area contributed by atoms with Gasteiger partial charge in [-0.05, 0) is 5.57 Å². The van der Waals surface area contributed by atoms with Crippen LogP contribution in [0.5, 0.6) is 0 Å². The summed E-state index contributed by atoms with van der Waals surface area (Å²) in [6, 6.07) is -0.956. The van der Waals surface area contributed by atoms with Gasteiger partial charge in [-0.2, -0.15) is 0 Å². The van der Waals surface area contributed by atoms with Crippen molar-refractivity contribution in [1.29, 1.82) is 0 Å². The second-order valence-corrected chi connectivity index (χ2v) is 9.59. The molecule has 0 saturated carbocycles. The van der Waals surface area contributed by atoms with Crippen LogP contribution >= 0.6 is 34.9 Å². The van der Waals surface area contributed by atoms with Crippen LogP contribution in [-0.4, -0.2) is 73.6 Å². The van der Waals surface area contributed by atoms with Gasteiger partial charge in [0.25, 0.3) is 17.0 Å². The Balaban J connectivity index is 0.00000324. The molecule has 0 aliphatic carbocycles. The molecule has 2 aromatic heterocycles. The Labute approximate surface area is 227 Å². The number of nitrogens with one attached hydrogen (secondary N) is 1. The number of thioether (sulfide) groups is 2. The minimum absolute atomic E-state index is 0. The predicted molar refractivity (Wildman–Crippen MR) is 117 cm³/mol. The first-order valence-electron chi connectivity index (χ1n) is 9.24. The van der Waals surface area contributed by atoms with Gasteiger partial charge in [0.2, 0.25) is 5.89 Å². The van der Waals surface area contributed by atoms with E-state index in [9.17, 15) is 19.5 Å². The van der Waals surface area contributed by atoms with Gasteiger partial charge in [0.15, 0.2) is 10.8 Å². The number of aliphatic carboxylic acids is 1. The number of rotatable bonds is 8. The first-order chi connectivity index (χ1) is 15.8. The van der Waals surface area contributed by atoms with Gasteiger partial charge < -0.3 is 30.2 Å². The second-order valence-electron chi connectivity index (χ2n) is 6.67. The summed E-state index contributed by atoms with van der Waals surface area (Å²) in [5.41, 5.74) is 5.93. The van der Waals surface area contributed by atoms with Crippen molar-refractivity contribution in [2.75, 3.05) is 24.3 Å². The van der Waals surface area contributed by atoms with Crippen molar-refractivity contribution in [2.24, 2.45) is 5.16 Å². The van der Waals surface area contributed by atoms with Crippen LogP contribution in [0.15, 0.2) is 31.4 Å². The topological polar surface area (TPSA) is 189 Å². The fourth-order valence-corrected chi connectivity index (χ4v) is 6.01. The molecule has 1 saturated heterocycles. The first-order valence-corrected chi connectivity index (χ1v) is 12.2. The van der Waals surface area contributed by atoms with Crippen LogP contribution in [0.3, 0.4) is 0 Å².